The van der Waals surface area contributed by atoms with Crippen molar-refractivity contribution in [3.63, 3.8) is 0 Å². The molecule has 0 saturated heterocycles. The Hall–Kier alpha value is -1.48. The molecule has 2 heterocycles. The van der Waals surface area contributed by atoms with Crippen LogP contribution in [-0.4, -0.2) is 24.8 Å². The van der Waals surface area contributed by atoms with Crippen molar-refractivity contribution < 1.29 is 10.4 Å². The lowest BCUT2D eigenvalue weighted by Crippen LogP contribution is -2.99. The molecule has 0 radical (unpaired) electrons. The SMILES string of the molecule is Nc1c([NH+]([O-])O)nc(Cl)c2nncn12. The van der Waals surface area contributed by atoms with E-state index in [1.807, 2.05) is 0 Å². The first-order valence-electron chi connectivity index (χ1n) is 3.49. The minimum absolute atomic E-state index is 0.0471. The molecule has 0 spiro atoms. The second-order valence-electron chi connectivity index (χ2n) is 2.47. The van der Waals surface area contributed by atoms with Gasteiger partial charge in [-0.3, -0.25) is 4.40 Å². The first kappa shape index (κ1) is 9.09. The molecule has 14 heavy (non-hydrogen) atoms. The lowest BCUT2D eigenvalue weighted by atomic mass is 10.5. The number of rotatable bonds is 1. The molecule has 0 fully saturated rings. The van der Waals surface area contributed by atoms with Crippen molar-refractivity contribution in [2.24, 2.45) is 0 Å². The van der Waals surface area contributed by atoms with E-state index in [1.165, 1.54) is 10.7 Å². The van der Waals surface area contributed by atoms with E-state index < -0.39 is 5.23 Å². The molecule has 74 valence electrons. The zero-order chi connectivity index (χ0) is 10.3. The molecule has 1 atom stereocenters. The second-order valence-corrected chi connectivity index (χ2v) is 2.82. The fourth-order valence-electron chi connectivity index (χ4n) is 1.03. The van der Waals surface area contributed by atoms with Gasteiger partial charge in [-0.25, -0.2) is 5.21 Å². The van der Waals surface area contributed by atoms with E-state index in [2.05, 4.69) is 15.2 Å². The maximum atomic E-state index is 10.7. The van der Waals surface area contributed by atoms with Gasteiger partial charge in [-0.2, -0.15) is 10.2 Å². The molecule has 0 amide bonds. The van der Waals surface area contributed by atoms with Crippen molar-refractivity contribution in [2.45, 2.75) is 0 Å². The van der Waals surface area contributed by atoms with Gasteiger partial charge < -0.3 is 10.9 Å². The van der Waals surface area contributed by atoms with E-state index in [0.717, 1.165) is 0 Å². The molecule has 0 aliphatic rings. The minimum Gasteiger partial charge on any atom is -0.594 e. The van der Waals surface area contributed by atoms with E-state index in [9.17, 15) is 5.21 Å². The van der Waals surface area contributed by atoms with Crippen LogP contribution in [0.25, 0.3) is 5.65 Å². The van der Waals surface area contributed by atoms with Crippen LogP contribution in [0.1, 0.15) is 0 Å². The third-order valence-electron chi connectivity index (χ3n) is 1.65. The van der Waals surface area contributed by atoms with E-state index >= 15 is 0 Å². The number of nitrogens with zero attached hydrogens (tertiary/aromatic N) is 4. The molecule has 0 aliphatic heterocycles. The lowest BCUT2D eigenvalue weighted by molar-refractivity contribution is -0.992. The standard InChI is InChI=1S/C5H5ClN6O2/c6-2-4-10-8-1-11(4)3(7)5(9-2)12(13)14/h1,12-13H,7H2. The lowest BCUT2D eigenvalue weighted by Gasteiger charge is -2.12. The van der Waals surface area contributed by atoms with Crippen LogP contribution in [-0.2, 0) is 0 Å². The normalized spacial score (nSPS) is 13.4. The van der Waals surface area contributed by atoms with Gasteiger partial charge in [-0.1, -0.05) is 11.6 Å². The molecule has 0 aliphatic carbocycles. The number of nitrogens with one attached hydrogen (secondary N) is 1. The van der Waals surface area contributed by atoms with E-state index in [-0.39, 0.29) is 22.4 Å². The largest absolute Gasteiger partial charge is 0.594 e. The average Bonchev–Trinajstić information content (AvgIpc) is 2.59. The van der Waals surface area contributed by atoms with Crippen molar-refractivity contribution in [1.29, 1.82) is 0 Å². The summed E-state index contributed by atoms with van der Waals surface area (Å²) in [6, 6.07) is 0. The topological polar surface area (TPSA) is 117 Å². The highest BCUT2D eigenvalue weighted by Gasteiger charge is 2.16. The number of hydrogen-bond acceptors (Lipinski definition) is 6. The molecular formula is C5H5ClN6O2. The maximum absolute atomic E-state index is 10.7. The van der Waals surface area contributed by atoms with Gasteiger partial charge in [-0.05, 0) is 0 Å². The summed E-state index contributed by atoms with van der Waals surface area (Å²) in [6.45, 7) is 0. The van der Waals surface area contributed by atoms with Crippen molar-refractivity contribution in [3.05, 3.63) is 16.7 Å². The maximum Gasteiger partial charge on any atom is 0.302 e. The number of aromatic nitrogens is 4. The zero-order valence-electron chi connectivity index (χ0n) is 6.68. The average molecular weight is 217 g/mol. The van der Waals surface area contributed by atoms with Crippen LogP contribution in [0.3, 0.4) is 0 Å². The molecule has 8 nitrogen and oxygen atoms in total. The Morgan fingerprint density at radius 3 is 3.00 bits per heavy atom. The first-order chi connectivity index (χ1) is 6.61. The molecule has 1 unspecified atom stereocenters. The monoisotopic (exact) mass is 216 g/mol. The van der Waals surface area contributed by atoms with Crippen molar-refractivity contribution >= 4 is 28.9 Å². The van der Waals surface area contributed by atoms with Gasteiger partial charge in [0.2, 0.25) is 0 Å². The summed E-state index contributed by atoms with van der Waals surface area (Å²) >= 11 is 5.67. The Balaban J connectivity index is 2.82. The Kier molecular flexibility index (Phi) is 1.97. The number of halogens is 1. The summed E-state index contributed by atoms with van der Waals surface area (Å²) < 4.78 is 1.26. The number of nitrogens with two attached hydrogens (primary N) is 1. The molecular weight excluding hydrogens is 212 g/mol. The van der Waals surface area contributed by atoms with Gasteiger partial charge in [0.05, 0.1) is 0 Å². The molecule has 0 aromatic carbocycles. The minimum atomic E-state index is -1.25. The molecule has 4 N–H and O–H groups in total. The number of nitrogen functional groups attached to an aromatic ring is 1. The fourth-order valence-corrected chi connectivity index (χ4v) is 1.24. The Morgan fingerprint density at radius 2 is 2.36 bits per heavy atom. The summed E-state index contributed by atoms with van der Waals surface area (Å²) in [6.07, 6.45) is 1.27. The van der Waals surface area contributed by atoms with E-state index in [1.54, 1.807) is 0 Å². The molecule has 0 bridgehead atoms. The van der Waals surface area contributed by atoms with Gasteiger partial charge in [0, 0.05) is 0 Å². The van der Waals surface area contributed by atoms with Crippen molar-refractivity contribution in [2.75, 3.05) is 5.73 Å². The fraction of sp³-hybridized carbons (Fsp3) is 0. The van der Waals surface area contributed by atoms with E-state index in [0.29, 0.717) is 0 Å². The highest BCUT2D eigenvalue weighted by Crippen LogP contribution is 2.19. The first-order valence-corrected chi connectivity index (χ1v) is 3.87. The van der Waals surface area contributed by atoms with E-state index in [4.69, 9.17) is 22.5 Å². The number of quaternary nitrogens is 1. The summed E-state index contributed by atoms with van der Waals surface area (Å²) in [4.78, 5) is 3.59. The third-order valence-corrected chi connectivity index (χ3v) is 1.90. The van der Waals surface area contributed by atoms with Gasteiger partial charge >= 0.3 is 5.82 Å². The predicted molar refractivity (Wildman–Crippen MR) is 46.0 cm³/mol. The van der Waals surface area contributed by atoms with Crippen LogP contribution in [0.5, 0.6) is 0 Å². The highest BCUT2D eigenvalue weighted by molar-refractivity contribution is 6.32. The zero-order valence-corrected chi connectivity index (χ0v) is 7.43. The number of anilines is 1. The van der Waals surface area contributed by atoms with Crippen molar-refractivity contribution in [3.8, 4) is 0 Å². The Morgan fingerprint density at radius 1 is 1.64 bits per heavy atom. The molecule has 0 saturated carbocycles. The smallest absolute Gasteiger partial charge is 0.302 e. The van der Waals surface area contributed by atoms with Crippen LogP contribution >= 0.6 is 11.6 Å². The third kappa shape index (κ3) is 1.17. The highest BCUT2D eigenvalue weighted by atomic mass is 35.5. The quantitative estimate of drug-likeness (QED) is 0.514. The van der Waals surface area contributed by atoms with Crippen LogP contribution in [0.4, 0.5) is 11.6 Å². The summed E-state index contributed by atoms with van der Waals surface area (Å²) in [5.74, 6) is -0.371. The van der Waals surface area contributed by atoms with Crippen molar-refractivity contribution in [1.82, 2.24) is 19.6 Å². The summed E-state index contributed by atoms with van der Waals surface area (Å²) in [5, 5.41) is 25.3. The van der Waals surface area contributed by atoms with Gasteiger partial charge in [0.15, 0.2) is 16.6 Å². The molecule has 2 rings (SSSR count). The summed E-state index contributed by atoms with van der Waals surface area (Å²) in [5.41, 5.74) is 5.74. The number of hydrogen-bond donors (Lipinski definition) is 3. The second kappa shape index (κ2) is 3.03. The van der Waals surface area contributed by atoms with Gasteiger partial charge in [0.1, 0.15) is 6.33 Å². The Labute approximate surface area is 82.1 Å². The van der Waals surface area contributed by atoms with Gasteiger partial charge in [-0.15, -0.1) is 10.2 Å². The van der Waals surface area contributed by atoms with Crippen LogP contribution in [0.2, 0.25) is 5.15 Å². The van der Waals surface area contributed by atoms with Crippen LogP contribution in [0, 0.1) is 5.21 Å². The molecule has 2 aromatic heterocycles. The van der Waals surface area contributed by atoms with Crippen LogP contribution < -0.4 is 11.0 Å². The number of fused-ring (bicyclic) bond motifs is 1. The summed E-state index contributed by atoms with van der Waals surface area (Å²) in [7, 11) is 0. The Bertz CT molecular complexity index is 482. The van der Waals surface area contributed by atoms with Gasteiger partial charge in [0.25, 0.3) is 0 Å². The van der Waals surface area contributed by atoms with Crippen LogP contribution in [0.15, 0.2) is 6.33 Å². The predicted octanol–water partition coefficient (Wildman–Crippen LogP) is -1.24. The molecule has 2 aromatic rings. The molecule has 9 heteroatoms.